The van der Waals surface area contributed by atoms with Gasteiger partial charge in [0.1, 0.15) is 0 Å². The Balaban J connectivity index is 3.22. The van der Waals surface area contributed by atoms with Crippen LogP contribution >= 0.6 is 34.2 Å². The molecule has 0 nitrogen and oxygen atoms in total. The van der Waals surface area contributed by atoms with Gasteiger partial charge in [-0.2, -0.15) is 0 Å². The molecule has 0 atom stereocenters. The molecule has 0 saturated heterocycles. The van der Waals surface area contributed by atoms with E-state index >= 15 is 0 Å². The van der Waals surface area contributed by atoms with E-state index in [1.807, 2.05) is 6.92 Å². The number of hydrogen-bond donors (Lipinski definition) is 0. The van der Waals surface area contributed by atoms with Crippen LogP contribution < -0.4 is 0 Å². The highest BCUT2D eigenvalue weighted by Gasteiger charge is 1.76. The lowest BCUT2D eigenvalue weighted by atomic mass is 10.4. The molecule has 0 amide bonds. The zero-order valence-electron chi connectivity index (χ0n) is 3.54. The van der Waals surface area contributed by atoms with E-state index in [9.17, 15) is 0 Å². The van der Waals surface area contributed by atoms with Crippen molar-refractivity contribution in [1.82, 2.24) is 0 Å². The van der Waals surface area contributed by atoms with Crippen LogP contribution in [0.3, 0.4) is 0 Å². The van der Waals surface area contributed by atoms with Gasteiger partial charge in [-0.15, -0.1) is 0 Å². The standard InChI is InChI=1S/C4H6ClI/c1-4(2-5)3-6/h2H,3H2,1H3/b4-2+. The molecule has 0 saturated carbocycles. The third kappa shape index (κ3) is 2.97. The maximum absolute atomic E-state index is 5.29. The molecule has 0 fully saturated rings. The lowest BCUT2D eigenvalue weighted by Crippen LogP contribution is -1.67. The molecule has 2 heteroatoms. The molecule has 0 aliphatic heterocycles. The Morgan fingerprint density at radius 2 is 2.50 bits per heavy atom. The smallest absolute Gasteiger partial charge is 0.0214 e. The van der Waals surface area contributed by atoms with E-state index in [1.54, 1.807) is 5.54 Å². The highest BCUT2D eigenvalue weighted by atomic mass is 127. The number of hydrogen-bond acceptors (Lipinski definition) is 0. The monoisotopic (exact) mass is 216 g/mol. The molecule has 0 spiro atoms. The van der Waals surface area contributed by atoms with E-state index in [-0.39, 0.29) is 0 Å². The summed E-state index contributed by atoms with van der Waals surface area (Å²) in [4.78, 5) is 0. The number of alkyl halides is 1. The van der Waals surface area contributed by atoms with Crippen LogP contribution in [0.1, 0.15) is 6.92 Å². The van der Waals surface area contributed by atoms with Crippen LogP contribution in [-0.2, 0) is 0 Å². The van der Waals surface area contributed by atoms with Crippen molar-refractivity contribution in [3.8, 4) is 0 Å². The lowest BCUT2D eigenvalue weighted by molar-refractivity contribution is 1.46. The Bertz CT molecular complexity index is 58.6. The van der Waals surface area contributed by atoms with Gasteiger partial charge in [0.2, 0.25) is 0 Å². The first-order valence-electron chi connectivity index (χ1n) is 1.63. The summed E-state index contributed by atoms with van der Waals surface area (Å²) in [5.74, 6) is 0. The first-order valence-corrected chi connectivity index (χ1v) is 3.59. The second-order valence-electron chi connectivity index (χ2n) is 1.09. The van der Waals surface area contributed by atoms with E-state index in [4.69, 9.17) is 11.6 Å². The van der Waals surface area contributed by atoms with E-state index in [0.717, 1.165) is 4.43 Å². The van der Waals surface area contributed by atoms with Crippen molar-refractivity contribution in [2.24, 2.45) is 0 Å². The summed E-state index contributed by atoms with van der Waals surface area (Å²) in [6.07, 6.45) is 0. The van der Waals surface area contributed by atoms with Crippen molar-refractivity contribution in [2.45, 2.75) is 6.92 Å². The maximum atomic E-state index is 5.29. The van der Waals surface area contributed by atoms with E-state index in [1.165, 1.54) is 5.57 Å². The van der Waals surface area contributed by atoms with Crippen molar-refractivity contribution >= 4 is 34.2 Å². The molecule has 0 bridgehead atoms. The van der Waals surface area contributed by atoms with Gasteiger partial charge >= 0.3 is 0 Å². The first kappa shape index (κ1) is 6.76. The topological polar surface area (TPSA) is 0 Å². The summed E-state index contributed by atoms with van der Waals surface area (Å²) in [5, 5.41) is 0. The lowest BCUT2D eigenvalue weighted by Gasteiger charge is -1.81. The third-order valence-corrected chi connectivity index (χ3v) is 1.97. The van der Waals surface area contributed by atoms with Gasteiger partial charge in [-0.3, -0.25) is 0 Å². The number of rotatable bonds is 1. The largest absolute Gasteiger partial charge is 0.0930 e. The summed E-state index contributed by atoms with van der Waals surface area (Å²) < 4.78 is 1.03. The quantitative estimate of drug-likeness (QED) is 0.467. The molecule has 0 rings (SSSR count). The zero-order chi connectivity index (χ0) is 4.99. The maximum Gasteiger partial charge on any atom is 0.0214 e. The highest BCUT2D eigenvalue weighted by Crippen LogP contribution is 1.98. The Kier molecular flexibility index (Phi) is 4.43. The minimum absolute atomic E-state index is 1.03. The van der Waals surface area contributed by atoms with Crippen LogP contribution in [0.15, 0.2) is 11.1 Å². The van der Waals surface area contributed by atoms with E-state index < -0.39 is 0 Å². The normalized spacial score (nSPS) is 12.2. The highest BCUT2D eigenvalue weighted by molar-refractivity contribution is 14.1. The van der Waals surface area contributed by atoms with Gasteiger partial charge in [-0.1, -0.05) is 39.8 Å². The number of halogens is 2. The van der Waals surface area contributed by atoms with Gasteiger partial charge in [0.05, 0.1) is 0 Å². The van der Waals surface area contributed by atoms with Crippen LogP contribution in [0.25, 0.3) is 0 Å². The van der Waals surface area contributed by atoms with Crippen LogP contribution in [0.4, 0.5) is 0 Å². The third-order valence-electron chi connectivity index (χ3n) is 0.397. The fourth-order valence-corrected chi connectivity index (χ4v) is 0.587. The van der Waals surface area contributed by atoms with Crippen molar-refractivity contribution in [3.63, 3.8) is 0 Å². The SMILES string of the molecule is C/C(=C\Cl)CI. The fraction of sp³-hybridized carbons (Fsp3) is 0.500. The molecule has 0 aromatic rings. The van der Waals surface area contributed by atoms with Crippen LogP contribution in [0.5, 0.6) is 0 Å². The second kappa shape index (κ2) is 3.93. The molecule has 0 N–H and O–H groups in total. The molecule has 36 valence electrons. The average molecular weight is 216 g/mol. The Labute approximate surface area is 56.7 Å². The molecule has 0 aromatic heterocycles. The van der Waals surface area contributed by atoms with Crippen LogP contribution in [0, 0.1) is 0 Å². The van der Waals surface area contributed by atoms with Crippen molar-refractivity contribution in [2.75, 3.05) is 4.43 Å². The van der Waals surface area contributed by atoms with Gasteiger partial charge in [0.15, 0.2) is 0 Å². The van der Waals surface area contributed by atoms with Crippen molar-refractivity contribution in [1.29, 1.82) is 0 Å². The van der Waals surface area contributed by atoms with E-state index in [0.29, 0.717) is 0 Å². The second-order valence-corrected chi connectivity index (χ2v) is 2.07. The van der Waals surface area contributed by atoms with Gasteiger partial charge in [0, 0.05) is 9.96 Å². The summed E-state index contributed by atoms with van der Waals surface area (Å²) >= 11 is 7.55. The predicted molar refractivity (Wildman–Crippen MR) is 38.5 cm³/mol. The van der Waals surface area contributed by atoms with Gasteiger partial charge in [-0.05, 0) is 6.92 Å². The van der Waals surface area contributed by atoms with Crippen molar-refractivity contribution < 1.29 is 0 Å². The molecular formula is C4H6ClI. The molecule has 0 radical (unpaired) electrons. The average Bonchev–Trinajstić information content (AvgIpc) is 1.65. The fourth-order valence-electron chi connectivity index (χ4n) is 0.0292. The van der Waals surface area contributed by atoms with Gasteiger partial charge in [-0.25, -0.2) is 0 Å². The zero-order valence-corrected chi connectivity index (χ0v) is 6.45. The molecule has 0 aliphatic carbocycles. The Hall–Kier alpha value is 0.760. The summed E-state index contributed by atoms with van der Waals surface area (Å²) in [6.45, 7) is 2.00. The summed E-state index contributed by atoms with van der Waals surface area (Å²) in [7, 11) is 0. The Morgan fingerprint density at radius 3 is 2.50 bits per heavy atom. The van der Waals surface area contributed by atoms with E-state index in [2.05, 4.69) is 22.6 Å². The first-order chi connectivity index (χ1) is 2.81. The minimum Gasteiger partial charge on any atom is -0.0930 e. The molecule has 0 heterocycles. The van der Waals surface area contributed by atoms with Gasteiger partial charge < -0.3 is 0 Å². The molecule has 0 aromatic carbocycles. The molecular weight excluding hydrogens is 210 g/mol. The molecule has 6 heavy (non-hydrogen) atoms. The minimum atomic E-state index is 1.03. The van der Waals surface area contributed by atoms with Crippen molar-refractivity contribution in [3.05, 3.63) is 11.1 Å². The number of allylic oxidation sites excluding steroid dienone is 1. The summed E-state index contributed by atoms with van der Waals surface area (Å²) in [5.41, 5.74) is 2.82. The van der Waals surface area contributed by atoms with Crippen LogP contribution in [0.2, 0.25) is 0 Å². The summed E-state index contributed by atoms with van der Waals surface area (Å²) in [6, 6.07) is 0. The molecule has 0 unspecified atom stereocenters. The molecule has 0 aliphatic rings. The van der Waals surface area contributed by atoms with Gasteiger partial charge in [0.25, 0.3) is 0 Å². The predicted octanol–water partition coefficient (Wildman–Crippen LogP) is 2.56. The van der Waals surface area contributed by atoms with Crippen LogP contribution in [-0.4, -0.2) is 4.43 Å². The Morgan fingerprint density at radius 1 is 2.00 bits per heavy atom.